The number of carbonyl (C=O) groups excluding carboxylic acids is 1. The van der Waals surface area contributed by atoms with Crippen molar-refractivity contribution >= 4 is 17.7 Å². The molecule has 18 heavy (non-hydrogen) atoms. The minimum Gasteiger partial charge on any atom is -0.392 e. The Morgan fingerprint density at radius 2 is 2.17 bits per heavy atom. The van der Waals surface area contributed by atoms with Gasteiger partial charge in [0.25, 0.3) is 0 Å². The Balaban J connectivity index is 2.52. The molecule has 100 valence electrons. The maximum atomic E-state index is 13.3. The van der Waals surface area contributed by atoms with Gasteiger partial charge in [0.1, 0.15) is 11.6 Å². The molecule has 0 aliphatic heterocycles. The molecular formula is C12H15F2NO2S. The van der Waals surface area contributed by atoms with Gasteiger partial charge in [-0.25, -0.2) is 8.78 Å². The van der Waals surface area contributed by atoms with E-state index in [-0.39, 0.29) is 23.1 Å². The van der Waals surface area contributed by atoms with E-state index in [2.05, 4.69) is 0 Å². The Hall–Kier alpha value is -1.14. The lowest BCUT2D eigenvalue weighted by molar-refractivity contribution is -0.128. The van der Waals surface area contributed by atoms with Gasteiger partial charge in [-0.2, -0.15) is 0 Å². The first-order valence-electron chi connectivity index (χ1n) is 5.40. The van der Waals surface area contributed by atoms with Gasteiger partial charge in [-0.05, 0) is 19.1 Å². The molecule has 1 unspecified atom stereocenters. The van der Waals surface area contributed by atoms with Crippen LogP contribution < -0.4 is 0 Å². The van der Waals surface area contributed by atoms with Crippen LogP contribution in [0.15, 0.2) is 23.1 Å². The van der Waals surface area contributed by atoms with Crippen LogP contribution >= 0.6 is 11.8 Å². The second-order valence-electron chi connectivity index (χ2n) is 3.99. The van der Waals surface area contributed by atoms with E-state index in [9.17, 15) is 13.6 Å². The summed E-state index contributed by atoms with van der Waals surface area (Å²) in [6.07, 6.45) is -0.605. The van der Waals surface area contributed by atoms with Crippen molar-refractivity contribution in [2.75, 3.05) is 19.3 Å². The highest BCUT2D eigenvalue weighted by atomic mass is 32.2. The monoisotopic (exact) mass is 275 g/mol. The molecule has 0 bridgehead atoms. The summed E-state index contributed by atoms with van der Waals surface area (Å²) in [6, 6.07) is 3.24. The summed E-state index contributed by atoms with van der Waals surface area (Å²) in [6.45, 7) is 1.81. The van der Waals surface area contributed by atoms with E-state index in [1.807, 2.05) is 0 Å². The van der Waals surface area contributed by atoms with Crippen LogP contribution in [0.3, 0.4) is 0 Å². The highest BCUT2D eigenvalue weighted by Crippen LogP contribution is 2.22. The minimum atomic E-state index is -0.675. The molecule has 0 aliphatic carbocycles. The molecule has 0 fully saturated rings. The molecule has 0 aromatic heterocycles. The number of hydrogen-bond acceptors (Lipinski definition) is 3. The standard InChI is InChI=1S/C12H15F2NO2S/c1-8(16)6-15(2)12(17)7-18-11-4-3-9(13)5-10(11)14/h3-5,8,16H,6-7H2,1-2H3. The molecule has 1 aromatic carbocycles. The van der Waals surface area contributed by atoms with E-state index >= 15 is 0 Å². The maximum absolute atomic E-state index is 13.3. The first kappa shape index (κ1) is 14.9. The molecule has 6 heteroatoms. The molecule has 3 nitrogen and oxygen atoms in total. The predicted molar refractivity (Wildman–Crippen MR) is 66.4 cm³/mol. The Morgan fingerprint density at radius 1 is 1.50 bits per heavy atom. The number of aliphatic hydroxyl groups excluding tert-OH is 1. The van der Waals surface area contributed by atoms with Crippen LogP contribution in [0.2, 0.25) is 0 Å². The number of amides is 1. The summed E-state index contributed by atoms with van der Waals surface area (Å²) in [5.41, 5.74) is 0. The third-order valence-electron chi connectivity index (χ3n) is 2.21. The lowest BCUT2D eigenvalue weighted by Gasteiger charge is -2.18. The lowest BCUT2D eigenvalue weighted by atomic mass is 10.3. The van der Waals surface area contributed by atoms with Crippen LogP contribution in [0.5, 0.6) is 0 Å². The van der Waals surface area contributed by atoms with Gasteiger partial charge in [-0.15, -0.1) is 11.8 Å². The first-order valence-corrected chi connectivity index (χ1v) is 6.38. The zero-order valence-electron chi connectivity index (χ0n) is 10.2. The fourth-order valence-corrected chi connectivity index (χ4v) is 2.20. The quantitative estimate of drug-likeness (QED) is 0.834. The third kappa shape index (κ3) is 4.62. The van der Waals surface area contributed by atoms with Crippen molar-refractivity contribution in [2.45, 2.75) is 17.9 Å². The summed E-state index contributed by atoms with van der Waals surface area (Å²) in [4.78, 5) is 13.2. The van der Waals surface area contributed by atoms with E-state index in [1.54, 1.807) is 14.0 Å². The number of benzene rings is 1. The van der Waals surface area contributed by atoms with Gasteiger partial charge in [-0.1, -0.05) is 0 Å². The second kappa shape index (κ2) is 6.70. The number of thioether (sulfide) groups is 1. The van der Waals surface area contributed by atoms with Gasteiger partial charge in [0.2, 0.25) is 5.91 Å². The van der Waals surface area contributed by atoms with Crippen LogP contribution in [0.1, 0.15) is 6.92 Å². The number of likely N-dealkylation sites (N-methyl/N-ethyl adjacent to an activating group) is 1. The van der Waals surface area contributed by atoms with Crippen molar-refractivity contribution in [3.8, 4) is 0 Å². The minimum absolute atomic E-state index is 0.0474. The van der Waals surface area contributed by atoms with Crippen molar-refractivity contribution < 1.29 is 18.7 Å². The van der Waals surface area contributed by atoms with E-state index in [1.165, 1.54) is 11.0 Å². The van der Waals surface area contributed by atoms with E-state index < -0.39 is 17.7 Å². The molecule has 0 radical (unpaired) electrons. The summed E-state index contributed by atoms with van der Waals surface area (Å²) >= 11 is 1.00. The Bertz CT molecular complexity index is 427. The van der Waals surface area contributed by atoms with Crippen molar-refractivity contribution in [2.24, 2.45) is 0 Å². The highest BCUT2D eigenvalue weighted by Gasteiger charge is 2.13. The fraction of sp³-hybridized carbons (Fsp3) is 0.417. The van der Waals surface area contributed by atoms with Gasteiger partial charge >= 0.3 is 0 Å². The molecule has 0 aliphatic rings. The van der Waals surface area contributed by atoms with Crippen molar-refractivity contribution in [1.29, 1.82) is 0 Å². The van der Waals surface area contributed by atoms with Gasteiger partial charge < -0.3 is 10.0 Å². The molecule has 0 spiro atoms. The molecule has 1 amide bonds. The lowest BCUT2D eigenvalue weighted by Crippen LogP contribution is -2.34. The number of halogens is 2. The molecule has 0 heterocycles. The van der Waals surface area contributed by atoms with Crippen molar-refractivity contribution in [3.63, 3.8) is 0 Å². The normalized spacial score (nSPS) is 12.3. The Kier molecular flexibility index (Phi) is 5.55. The molecular weight excluding hydrogens is 260 g/mol. The molecule has 1 atom stereocenters. The number of hydrogen-bond donors (Lipinski definition) is 1. The van der Waals surface area contributed by atoms with Crippen LogP contribution in [-0.2, 0) is 4.79 Å². The first-order chi connectivity index (χ1) is 8.40. The molecule has 1 aromatic rings. The van der Waals surface area contributed by atoms with Crippen molar-refractivity contribution in [1.82, 2.24) is 4.90 Å². The van der Waals surface area contributed by atoms with Gasteiger partial charge in [0, 0.05) is 24.6 Å². The summed E-state index contributed by atoms with van der Waals surface area (Å²) in [5, 5.41) is 9.13. The molecule has 1 rings (SSSR count). The van der Waals surface area contributed by atoms with Gasteiger partial charge in [-0.3, -0.25) is 4.79 Å². The zero-order valence-corrected chi connectivity index (χ0v) is 11.0. The number of rotatable bonds is 5. The number of nitrogens with zero attached hydrogens (tertiary/aromatic N) is 1. The van der Waals surface area contributed by atoms with Crippen LogP contribution in [0.4, 0.5) is 8.78 Å². The Labute approximate surface area is 109 Å². The average molecular weight is 275 g/mol. The SMILES string of the molecule is CC(O)CN(C)C(=O)CSc1ccc(F)cc1F. The summed E-state index contributed by atoms with van der Waals surface area (Å²) < 4.78 is 26.0. The third-order valence-corrected chi connectivity index (χ3v) is 3.24. The van der Waals surface area contributed by atoms with Crippen LogP contribution in [-0.4, -0.2) is 41.4 Å². The van der Waals surface area contributed by atoms with E-state index in [0.29, 0.717) is 0 Å². The summed E-state index contributed by atoms with van der Waals surface area (Å²) in [5.74, 6) is -1.49. The van der Waals surface area contributed by atoms with E-state index in [4.69, 9.17) is 5.11 Å². The Morgan fingerprint density at radius 3 is 2.72 bits per heavy atom. The zero-order chi connectivity index (χ0) is 13.7. The van der Waals surface area contributed by atoms with Crippen LogP contribution in [0, 0.1) is 11.6 Å². The summed E-state index contributed by atoms with van der Waals surface area (Å²) in [7, 11) is 1.57. The van der Waals surface area contributed by atoms with Crippen molar-refractivity contribution in [3.05, 3.63) is 29.8 Å². The average Bonchev–Trinajstić information content (AvgIpc) is 2.26. The molecule has 1 N–H and O–H groups in total. The molecule has 0 saturated carbocycles. The second-order valence-corrected chi connectivity index (χ2v) is 5.00. The topological polar surface area (TPSA) is 40.5 Å². The smallest absolute Gasteiger partial charge is 0.232 e. The van der Waals surface area contributed by atoms with Gasteiger partial charge in [0.05, 0.1) is 11.9 Å². The highest BCUT2D eigenvalue weighted by molar-refractivity contribution is 8.00. The maximum Gasteiger partial charge on any atom is 0.232 e. The molecule has 0 saturated heterocycles. The van der Waals surface area contributed by atoms with Gasteiger partial charge in [0.15, 0.2) is 0 Å². The van der Waals surface area contributed by atoms with Crippen LogP contribution in [0.25, 0.3) is 0 Å². The number of carbonyl (C=O) groups is 1. The predicted octanol–water partition coefficient (Wildman–Crippen LogP) is 1.90. The fourth-order valence-electron chi connectivity index (χ4n) is 1.34. The number of aliphatic hydroxyl groups is 1. The van der Waals surface area contributed by atoms with E-state index in [0.717, 1.165) is 23.9 Å². The largest absolute Gasteiger partial charge is 0.392 e.